The lowest BCUT2D eigenvalue weighted by Crippen LogP contribution is -2.27. The fraction of sp³-hybridized carbons (Fsp3) is 0.174. The van der Waals surface area contributed by atoms with E-state index >= 15 is 0 Å². The van der Waals surface area contributed by atoms with Crippen LogP contribution in [0, 0.1) is 0 Å². The Morgan fingerprint density at radius 1 is 1.03 bits per heavy atom. The van der Waals surface area contributed by atoms with Crippen LogP contribution >= 0.6 is 0 Å². The van der Waals surface area contributed by atoms with Crippen molar-refractivity contribution in [3.63, 3.8) is 0 Å². The summed E-state index contributed by atoms with van der Waals surface area (Å²) in [6.45, 7) is 3.64. The average molecular weight is 386 g/mol. The Balaban J connectivity index is 1.50. The first kappa shape index (κ1) is 18.7. The molecule has 0 unspecified atom stereocenters. The first-order valence-electron chi connectivity index (χ1n) is 9.63. The van der Waals surface area contributed by atoms with Crippen molar-refractivity contribution in [1.29, 1.82) is 0 Å². The molecule has 0 saturated carbocycles. The van der Waals surface area contributed by atoms with Gasteiger partial charge in [0.25, 0.3) is 5.91 Å². The minimum absolute atomic E-state index is 0.108. The number of amides is 1. The third-order valence-corrected chi connectivity index (χ3v) is 4.64. The SMILES string of the molecule is CCOc1ccc(C(=O)NCCn2c(-c3ccncc3)nc3ccccc32)cc1. The summed E-state index contributed by atoms with van der Waals surface area (Å²) in [5.41, 5.74) is 3.57. The summed E-state index contributed by atoms with van der Waals surface area (Å²) in [5.74, 6) is 1.52. The minimum Gasteiger partial charge on any atom is -0.494 e. The van der Waals surface area contributed by atoms with Crippen molar-refractivity contribution < 1.29 is 9.53 Å². The van der Waals surface area contributed by atoms with E-state index in [0.717, 1.165) is 28.2 Å². The predicted molar refractivity (Wildman–Crippen MR) is 113 cm³/mol. The molecule has 1 amide bonds. The van der Waals surface area contributed by atoms with E-state index in [4.69, 9.17) is 9.72 Å². The number of aromatic nitrogens is 3. The maximum Gasteiger partial charge on any atom is 0.251 e. The summed E-state index contributed by atoms with van der Waals surface area (Å²) < 4.78 is 7.55. The van der Waals surface area contributed by atoms with Gasteiger partial charge in [0.15, 0.2) is 0 Å². The quantitative estimate of drug-likeness (QED) is 0.523. The van der Waals surface area contributed by atoms with Crippen LogP contribution in [0.3, 0.4) is 0 Å². The maximum absolute atomic E-state index is 12.5. The molecule has 4 aromatic rings. The van der Waals surface area contributed by atoms with Gasteiger partial charge in [0.1, 0.15) is 11.6 Å². The number of fused-ring (bicyclic) bond motifs is 1. The highest BCUT2D eigenvalue weighted by Gasteiger charge is 2.13. The molecular weight excluding hydrogens is 364 g/mol. The molecule has 0 fully saturated rings. The van der Waals surface area contributed by atoms with E-state index in [-0.39, 0.29) is 5.91 Å². The molecule has 2 aromatic carbocycles. The fourth-order valence-electron chi connectivity index (χ4n) is 3.28. The van der Waals surface area contributed by atoms with Crippen molar-refractivity contribution in [2.75, 3.05) is 13.2 Å². The van der Waals surface area contributed by atoms with Gasteiger partial charge < -0.3 is 14.6 Å². The molecule has 2 heterocycles. The monoisotopic (exact) mass is 386 g/mol. The molecule has 0 aliphatic carbocycles. The normalized spacial score (nSPS) is 10.8. The Labute approximate surface area is 169 Å². The Morgan fingerprint density at radius 3 is 2.55 bits per heavy atom. The number of imidazole rings is 1. The van der Waals surface area contributed by atoms with E-state index in [9.17, 15) is 4.79 Å². The number of hydrogen-bond donors (Lipinski definition) is 1. The molecule has 6 nitrogen and oxygen atoms in total. The summed E-state index contributed by atoms with van der Waals surface area (Å²) in [6.07, 6.45) is 3.51. The molecule has 0 saturated heterocycles. The number of hydrogen-bond acceptors (Lipinski definition) is 4. The fourth-order valence-corrected chi connectivity index (χ4v) is 3.28. The molecule has 0 aliphatic heterocycles. The van der Waals surface area contributed by atoms with Crippen LogP contribution in [0.2, 0.25) is 0 Å². The lowest BCUT2D eigenvalue weighted by molar-refractivity contribution is 0.0952. The summed E-state index contributed by atoms with van der Waals surface area (Å²) in [4.78, 5) is 21.3. The lowest BCUT2D eigenvalue weighted by atomic mass is 10.2. The summed E-state index contributed by atoms with van der Waals surface area (Å²) in [6, 6.07) is 19.1. The van der Waals surface area contributed by atoms with E-state index < -0.39 is 0 Å². The van der Waals surface area contributed by atoms with Crippen LogP contribution in [0.5, 0.6) is 5.75 Å². The largest absolute Gasteiger partial charge is 0.494 e. The van der Waals surface area contributed by atoms with Crippen LogP contribution in [0.15, 0.2) is 73.1 Å². The number of benzene rings is 2. The molecule has 29 heavy (non-hydrogen) atoms. The van der Waals surface area contributed by atoms with Gasteiger partial charge in [-0.25, -0.2) is 4.98 Å². The van der Waals surface area contributed by atoms with Crippen LogP contribution in [-0.2, 0) is 6.54 Å². The van der Waals surface area contributed by atoms with E-state index in [1.165, 1.54) is 0 Å². The van der Waals surface area contributed by atoms with Gasteiger partial charge in [-0.15, -0.1) is 0 Å². The highest BCUT2D eigenvalue weighted by atomic mass is 16.5. The minimum atomic E-state index is -0.108. The standard InChI is InChI=1S/C23H22N4O2/c1-2-29-19-9-7-18(8-10-19)23(28)25-15-16-27-21-6-4-3-5-20(21)26-22(27)17-11-13-24-14-12-17/h3-14H,2,15-16H2,1H3,(H,25,28). The van der Waals surface area contributed by atoms with Gasteiger partial charge in [-0.1, -0.05) is 12.1 Å². The second-order valence-corrected chi connectivity index (χ2v) is 6.52. The predicted octanol–water partition coefficient (Wildman–Crippen LogP) is 3.93. The number of rotatable bonds is 7. The van der Waals surface area contributed by atoms with E-state index in [0.29, 0.717) is 25.3 Å². The van der Waals surface area contributed by atoms with Crippen molar-refractivity contribution in [2.24, 2.45) is 0 Å². The van der Waals surface area contributed by atoms with Gasteiger partial charge in [-0.3, -0.25) is 9.78 Å². The Bertz CT molecular complexity index is 1100. The molecule has 0 bridgehead atoms. The highest BCUT2D eigenvalue weighted by molar-refractivity contribution is 5.94. The second kappa shape index (κ2) is 8.56. The van der Waals surface area contributed by atoms with Crippen LogP contribution < -0.4 is 10.1 Å². The Morgan fingerprint density at radius 2 is 1.79 bits per heavy atom. The molecule has 0 radical (unpaired) electrons. The Kier molecular flexibility index (Phi) is 5.52. The molecule has 0 aliphatic rings. The topological polar surface area (TPSA) is 69.0 Å². The maximum atomic E-state index is 12.5. The molecule has 6 heteroatoms. The number of para-hydroxylation sites is 2. The van der Waals surface area contributed by atoms with Gasteiger partial charge in [0.2, 0.25) is 0 Å². The lowest BCUT2D eigenvalue weighted by Gasteiger charge is -2.11. The van der Waals surface area contributed by atoms with E-state index in [1.807, 2.05) is 55.5 Å². The number of carbonyl (C=O) groups excluding carboxylic acids is 1. The molecule has 1 N–H and O–H groups in total. The van der Waals surface area contributed by atoms with Gasteiger partial charge in [0.05, 0.1) is 17.6 Å². The van der Waals surface area contributed by atoms with Gasteiger partial charge in [-0.05, 0) is 55.5 Å². The number of carbonyl (C=O) groups is 1. The number of nitrogens with one attached hydrogen (secondary N) is 1. The smallest absolute Gasteiger partial charge is 0.251 e. The second-order valence-electron chi connectivity index (χ2n) is 6.52. The number of pyridine rings is 1. The van der Waals surface area contributed by atoms with Gasteiger partial charge in [-0.2, -0.15) is 0 Å². The molecular formula is C23H22N4O2. The molecule has 2 aromatic heterocycles. The van der Waals surface area contributed by atoms with Crippen LogP contribution in [0.1, 0.15) is 17.3 Å². The van der Waals surface area contributed by atoms with Crippen molar-refractivity contribution in [1.82, 2.24) is 19.9 Å². The first-order valence-corrected chi connectivity index (χ1v) is 9.63. The van der Waals surface area contributed by atoms with Crippen LogP contribution in [-0.4, -0.2) is 33.6 Å². The summed E-state index contributed by atoms with van der Waals surface area (Å²) in [7, 11) is 0. The van der Waals surface area contributed by atoms with Crippen LogP contribution in [0.4, 0.5) is 0 Å². The van der Waals surface area contributed by atoms with Gasteiger partial charge in [0, 0.05) is 36.6 Å². The Hall–Kier alpha value is -3.67. The summed E-state index contributed by atoms with van der Waals surface area (Å²) in [5, 5.41) is 2.99. The molecule has 146 valence electrons. The van der Waals surface area contributed by atoms with Gasteiger partial charge >= 0.3 is 0 Å². The number of ether oxygens (including phenoxy) is 1. The zero-order chi connectivity index (χ0) is 20.1. The highest BCUT2D eigenvalue weighted by Crippen LogP contribution is 2.24. The first-order chi connectivity index (χ1) is 14.3. The zero-order valence-corrected chi connectivity index (χ0v) is 16.2. The molecule has 0 spiro atoms. The van der Waals surface area contributed by atoms with Crippen molar-refractivity contribution in [3.8, 4) is 17.1 Å². The third kappa shape index (κ3) is 4.11. The molecule has 0 atom stereocenters. The van der Waals surface area contributed by atoms with Crippen molar-refractivity contribution >= 4 is 16.9 Å². The molecule has 4 rings (SSSR count). The average Bonchev–Trinajstić information content (AvgIpc) is 3.14. The van der Waals surface area contributed by atoms with Crippen molar-refractivity contribution in [2.45, 2.75) is 13.5 Å². The van der Waals surface area contributed by atoms with Crippen molar-refractivity contribution in [3.05, 3.63) is 78.6 Å². The van der Waals surface area contributed by atoms with E-state index in [2.05, 4.69) is 14.9 Å². The number of nitrogens with zero attached hydrogens (tertiary/aromatic N) is 3. The van der Waals surface area contributed by atoms with E-state index in [1.54, 1.807) is 24.5 Å². The summed E-state index contributed by atoms with van der Waals surface area (Å²) >= 11 is 0. The zero-order valence-electron chi connectivity index (χ0n) is 16.2. The van der Waals surface area contributed by atoms with Crippen LogP contribution in [0.25, 0.3) is 22.4 Å². The third-order valence-electron chi connectivity index (χ3n) is 4.64.